The summed E-state index contributed by atoms with van der Waals surface area (Å²) in [4.78, 5) is 48.6. The van der Waals surface area contributed by atoms with Crippen LogP contribution in [0.2, 0.25) is 0 Å². The minimum atomic E-state index is -4.77. The van der Waals surface area contributed by atoms with Crippen LogP contribution in [0.25, 0.3) is 0 Å². The molecule has 0 aromatic carbocycles. The van der Waals surface area contributed by atoms with E-state index >= 15 is 0 Å². The van der Waals surface area contributed by atoms with Gasteiger partial charge in [0.15, 0.2) is 6.10 Å². The third-order valence-electron chi connectivity index (χ3n) is 12.6. The molecule has 2 N–H and O–H groups in total. The van der Waals surface area contributed by atoms with Gasteiger partial charge in [0.25, 0.3) is 0 Å². The number of phosphoric acid groups is 1. The molecule has 0 rings (SSSR count). The standard InChI is InChI=1S/C66H111O11P/c1-4-7-10-13-16-19-22-25-27-29-31-33-35-38-41-44-47-50-53-56-65(69)76-62(58-67)60-74-78(71,72)75-61-63(59-73-64(68)55-52-49-46-43-40-37-24-21-18-15-12-9-6-3)77-66(70)57-54-51-48-45-42-39-36-34-32-30-28-26-23-20-17-14-11-8-5-2/h9,12,16-21,25-28,31-34,37,40,62-63,67H,4-8,10-11,13-15,22-24,29-30,35-36,38-39,41-61H2,1-3H3,(H,71,72)/b12-9-,19-16-,20-17-,21-18-,27-25-,28-26-,33-31-,34-32-,40-37-. The summed E-state index contributed by atoms with van der Waals surface area (Å²) in [6, 6.07) is 0. The quantitative estimate of drug-likeness (QED) is 0.0197. The molecule has 446 valence electrons. The molecule has 0 fully saturated rings. The first kappa shape index (κ1) is 74.1. The maximum atomic E-state index is 12.9. The van der Waals surface area contributed by atoms with Gasteiger partial charge in [-0.05, 0) is 128 Å². The van der Waals surface area contributed by atoms with Crippen molar-refractivity contribution < 1.29 is 52.2 Å². The zero-order valence-corrected chi connectivity index (χ0v) is 50.2. The van der Waals surface area contributed by atoms with E-state index in [0.717, 1.165) is 141 Å². The van der Waals surface area contributed by atoms with Gasteiger partial charge in [-0.25, -0.2) is 4.57 Å². The van der Waals surface area contributed by atoms with Crippen LogP contribution in [0.1, 0.15) is 252 Å². The van der Waals surface area contributed by atoms with Crippen molar-refractivity contribution in [2.24, 2.45) is 0 Å². The van der Waals surface area contributed by atoms with Crippen LogP contribution in [0, 0.1) is 0 Å². The Bertz CT molecular complexity index is 1720. The van der Waals surface area contributed by atoms with E-state index in [-0.39, 0.29) is 25.9 Å². The van der Waals surface area contributed by atoms with E-state index in [4.69, 9.17) is 23.3 Å². The van der Waals surface area contributed by atoms with Gasteiger partial charge in [-0.1, -0.05) is 214 Å². The lowest BCUT2D eigenvalue weighted by Crippen LogP contribution is -2.30. The number of aliphatic hydroxyl groups is 1. The SMILES string of the molecule is CC/C=C\C/C=C\C/C=C\CCCCCC(=O)OCC(COP(=O)(O)OCC(CO)OC(=O)CCCCCCCC/C=C\C/C=C\C/C=C\CCCCC)OC(=O)CCCCCCCC/C=C\C/C=C\C/C=C\CCCCC. The van der Waals surface area contributed by atoms with Crippen molar-refractivity contribution in [2.45, 2.75) is 264 Å². The molecular weight excluding hydrogens is 1000 g/mol. The van der Waals surface area contributed by atoms with Crippen molar-refractivity contribution in [3.63, 3.8) is 0 Å². The molecule has 78 heavy (non-hydrogen) atoms. The fourth-order valence-electron chi connectivity index (χ4n) is 7.97. The second kappa shape index (κ2) is 59.3. The summed E-state index contributed by atoms with van der Waals surface area (Å²) in [6.07, 6.45) is 71.8. The number of hydrogen-bond donors (Lipinski definition) is 2. The number of phosphoric ester groups is 1. The van der Waals surface area contributed by atoms with Crippen molar-refractivity contribution in [2.75, 3.05) is 26.4 Å². The summed E-state index contributed by atoms with van der Waals surface area (Å²) >= 11 is 0. The number of carbonyl (C=O) groups is 3. The lowest BCUT2D eigenvalue weighted by Gasteiger charge is -2.21. The number of unbranched alkanes of at least 4 members (excludes halogenated alkanes) is 21. The molecule has 0 aliphatic rings. The predicted octanol–water partition coefficient (Wildman–Crippen LogP) is 18.6. The molecule has 0 amide bonds. The third-order valence-corrected chi connectivity index (χ3v) is 13.6. The first-order valence-electron chi connectivity index (χ1n) is 30.8. The van der Waals surface area contributed by atoms with Crippen LogP contribution in [0.3, 0.4) is 0 Å². The second-order valence-corrected chi connectivity index (χ2v) is 21.6. The van der Waals surface area contributed by atoms with Crippen LogP contribution < -0.4 is 0 Å². The molecule has 0 saturated heterocycles. The van der Waals surface area contributed by atoms with Crippen LogP contribution in [0.4, 0.5) is 0 Å². The third kappa shape index (κ3) is 56.8. The normalized spacial score (nSPS) is 14.1. The van der Waals surface area contributed by atoms with Crippen molar-refractivity contribution in [1.82, 2.24) is 0 Å². The van der Waals surface area contributed by atoms with Gasteiger partial charge in [0.2, 0.25) is 0 Å². The number of hydrogen-bond acceptors (Lipinski definition) is 10. The number of allylic oxidation sites excluding steroid dienone is 18. The van der Waals surface area contributed by atoms with E-state index in [0.29, 0.717) is 19.3 Å². The van der Waals surface area contributed by atoms with E-state index in [2.05, 4.69) is 130 Å². The maximum Gasteiger partial charge on any atom is 0.472 e. The Labute approximate surface area is 475 Å². The number of aliphatic hydroxyl groups excluding tert-OH is 1. The van der Waals surface area contributed by atoms with Crippen LogP contribution in [0.15, 0.2) is 109 Å². The molecular formula is C66H111O11P. The lowest BCUT2D eigenvalue weighted by atomic mass is 10.1. The summed E-state index contributed by atoms with van der Waals surface area (Å²) < 4.78 is 39.6. The van der Waals surface area contributed by atoms with E-state index in [1.165, 1.54) is 51.4 Å². The molecule has 0 heterocycles. The highest BCUT2D eigenvalue weighted by Gasteiger charge is 2.28. The van der Waals surface area contributed by atoms with Gasteiger partial charge in [0, 0.05) is 19.3 Å². The highest BCUT2D eigenvalue weighted by Crippen LogP contribution is 2.43. The van der Waals surface area contributed by atoms with Crippen molar-refractivity contribution in [1.29, 1.82) is 0 Å². The maximum absolute atomic E-state index is 12.9. The Kier molecular flexibility index (Phi) is 56.3. The minimum Gasteiger partial charge on any atom is -0.462 e. The van der Waals surface area contributed by atoms with E-state index in [1.807, 2.05) is 0 Å². The fourth-order valence-corrected chi connectivity index (χ4v) is 8.76. The number of rotatable bonds is 56. The van der Waals surface area contributed by atoms with Gasteiger partial charge in [-0.2, -0.15) is 0 Å². The summed E-state index contributed by atoms with van der Waals surface area (Å²) in [5.74, 6) is -1.53. The monoisotopic (exact) mass is 1110 g/mol. The molecule has 0 aromatic heterocycles. The van der Waals surface area contributed by atoms with Gasteiger partial charge in [-0.3, -0.25) is 23.4 Å². The fraction of sp³-hybridized carbons (Fsp3) is 0.682. The Hall–Kier alpha value is -3.86. The van der Waals surface area contributed by atoms with Gasteiger partial charge in [0.05, 0.1) is 19.8 Å². The Balaban J connectivity index is 4.74. The molecule has 0 aromatic rings. The highest BCUT2D eigenvalue weighted by atomic mass is 31.2. The Morgan fingerprint density at radius 1 is 0.372 bits per heavy atom. The largest absolute Gasteiger partial charge is 0.472 e. The first-order chi connectivity index (χ1) is 38.2. The molecule has 12 heteroatoms. The van der Waals surface area contributed by atoms with Gasteiger partial charge < -0.3 is 24.2 Å². The molecule has 0 aliphatic carbocycles. The average molecular weight is 1110 g/mol. The first-order valence-corrected chi connectivity index (χ1v) is 32.3. The Morgan fingerprint density at radius 2 is 0.667 bits per heavy atom. The lowest BCUT2D eigenvalue weighted by molar-refractivity contribution is -0.161. The molecule has 0 aliphatic heterocycles. The van der Waals surface area contributed by atoms with Crippen LogP contribution in [-0.2, 0) is 42.2 Å². The van der Waals surface area contributed by atoms with E-state index in [9.17, 15) is 28.9 Å². The molecule has 0 saturated carbocycles. The van der Waals surface area contributed by atoms with E-state index in [1.54, 1.807) is 0 Å². The van der Waals surface area contributed by atoms with Crippen LogP contribution in [-0.4, -0.2) is 66.5 Å². The Morgan fingerprint density at radius 3 is 1.04 bits per heavy atom. The molecule has 3 atom stereocenters. The topological polar surface area (TPSA) is 155 Å². The smallest absolute Gasteiger partial charge is 0.462 e. The number of esters is 3. The van der Waals surface area contributed by atoms with Gasteiger partial charge >= 0.3 is 25.7 Å². The zero-order chi connectivity index (χ0) is 56.9. The highest BCUT2D eigenvalue weighted by molar-refractivity contribution is 7.47. The number of carbonyl (C=O) groups excluding carboxylic acids is 3. The molecule has 3 unspecified atom stereocenters. The van der Waals surface area contributed by atoms with Crippen molar-refractivity contribution in [3.05, 3.63) is 109 Å². The summed E-state index contributed by atoms with van der Waals surface area (Å²) in [5.41, 5.74) is 0. The average Bonchev–Trinajstić information content (AvgIpc) is 3.43. The van der Waals surface area contributed by atoms with Crippen molar-refractivity contribution in [3.8, 4) is 0 Å². The van der Waals surface area contributed by atoms with Crippen LogP contribution in [0.5, 0.6) is 0 Å². The zero-order valence-electron chi connectivity index (χ0n) is 49.3. The molecule has 0 radical (unpaired) electrons. The molecule has 11 nitrogen and oxygen atoms in total. The number of ether oxygens (including phenoxy) is 3. The molecule has 0 spiro atoms. The van der Waals surface area contributed by atoms with Gasteiger partial charge in [0.1, 0.15) is 12.7 Å². The molecule has 0 bridgehead atoms. The van der Waals surface area contributed by atoms with Crippen LogP contribution >= 0.6 is 7.82 Å². The summed E-state index contributed by atoms with van der Waals surface area (Å²) in [7, 11) is -4.77. The predicted molar refractivity (Wildman–Crippen MR) is 325 cm³/mol. The van der Waals surface area contributed by atoms with Crippen molar-refractivity contribution >= 4 is 25.7 Å². The second-order valence-electron chi connectivity index (χ2n) is 20.1. The summed E-state index contributed by atoms with van der Waals surface area (Å²) in [5, 5.41) is 9.84. The van der Waals surface area contributed by atoms with E-state index < -0.39 is 57.8 Å². The minimum absolute atomic E-state index is 0.140. The summed E-state index contributed by atoms with van der Waals surface area (Å²) in [6.45, 7) is 4.42. The van der Waals surface area contributed by atoms with Gasteiger partial charge in [-0.15, -0.1) is 0 Å².